The summed E-state index contributed by atoms with van der Waals surface area (Å²) in [5, 5.41) is 0. The summed E-state index contributed by atoms with van der Waals surface area (Å²) in [5.74, 6) is 0.338. The second-order valence-corrected chi connectivity index (χ2v) is 7.12. The zero-order valence-electron chi connectivity index (χ0n) is 8.41. The first-order valence-electron chi connectivity index (χ1n) is 5.69. The number of halogens is 1. The molecule has 80 valence electrons. The van der Waals surface area contributed by atoms with Crippen molar-refractivity contribution < 1.29 is 9.53 Å². The van der Waals surface area contributed by atoms with E-state index in [1.54, 1.807) is 0 Å². The fourth-order valence-electron chi connectivity index (χ4n) is 4.53. The van der Waals surface area contributed by atoms with Crippen molar-refractivity contribution in [3.05, 3.63) is 12.2 Å². The third-order valence-electron chi connectivity index (χ3n) is 5.18. The van der Waals surface area contributed by atoms with E-state index in [1.807, 2.05) is 0 Å². The van der Waals surface area contributed by atoms with Crippen LogP contribution >= 0.6 is 22.6 Å². The molecule has 3 aliphatic carbocycles. The number of fused-ring (bicyclic) bond motifs is 1. The number of carbonyl (C=O) groups is 1. The van der Waals surface area contributed by atoms with E-state index in [4.69, 9.17) is 4.74 Å². The lowest BCUT2D eigenvalue weighted by molar-refractivity contribution is -0.157. The zero-order valence-corrected chi connectivity index (χ0v) is 10.6. The van der Waals surface area contributed by atoms with Crippen LogP contribution in [0.25, 0.3) is 0 Å². The number of allylic oxidation sites excluding steroid dienone is 2. The number of carbonyl (C=O) groups excluding carboxylic acids is 1. The van der Waals surface area contributed by atoms with Crippen LogP contribution in [0.3, 0.4) is 0 Å². The van der Waals surface area contributed by atoms with Gasteiger partial charge in [0.2, 0.25) is 0 Å². The highest BCUT2D eigenvalue weighted by molar-refractivity contribution is 14.1. The molecule has 0 N–H and O–H groups in total. The number of ether oxygens (including phenoxy) is 1. The molecule has 0 aromatic carbocycles. The van der Waals surface area contributed by atoms with Gasteiger partial charge in [0.1, 0.15) is 6.10 Å². The second-order valence-electron chi connectivity index (χ2n) is 5.52. The Morgan fingerprint density at radius 1 is 1.27 bits per heavy atom. The Morgan fingerprint density at radius 3 is 2.67 bits per heavy atom. The number of esters is 1. The Labute approximate surface area is 103 Å². The van der Waals surface area contributed by atoms with Gasteiger partial charge in [-0.15, -0.1) is 0 Å². The molecule has 1 saturated heterocycles. The van der Waals surface area contributed by atoms with Crippen LogP contribution in [0.15, 0.2) is 12.2 Å². The van der Waals surface area contributed by atoms with Crippen LogP contribution in [0, 0.1) is 16.7 Å². The van der Waals surface area contributed by atoms with E-state index in [0.717, 1.165) is 19.3 Å². The highest BCUT2D eigenvalue weighted by Crippen LogP contribution is 2.82. The Balaban J connectivity index is 1.87. The Kier molecular flexibility index (Phi) is 1.47. The Hall–Kier alpha value is -0.0600. The third-order valence-corrected chi connectivity index (χ3v) is 6.42. The molecule has 2 saturated carbocycles. The van der Waals surface area contributed by atoms with Gasteiger partial charge in [0.25, 0.3) is 0 Å². The molecular weight excluding hydrogens is 303 g/mol. The van der Waals surface area contributed by atoms with Gasteiger partial charge < -0.3 is 4.74 Å². The second kappa shape index (κ2) is 2.44. The summed E-state index contributed by atoms with van der Waals surface area (Å²) >= 11 is 2.48. The molecule has 4 rings (SSSR count). The minimum Gasteiger partial charge on any atom is -0.461 e. The van der Waals surface area contributed by atoms with Crippen molar-refractivity contribution in [1.29, 1.82) is 0 Å². The molecule has 1 spiro atoms. The predicted octanol–water partition coefficient (Wildman–Crippen LogP) is 2.46. The van der Waals surface area contributed by atoms with Gasteiger partial charge >= 0.3 is 5.97 Å². The summed E-state index contributed by atoms with van der Waals surface area (Å²) < 4.78 is 6.09. The fourth-order valence-corrected chi connectivity index (χ4v) is 5.71. The summed E-state index contributed by atoms with van der Waals surface area (Å²) in [6.07, 6.45) is 9.31. The van der Waals surface area contributed by atoms with Crippen molar-refractivity contribution in [2.24, 2.45) is 16.7 Å². The molecular formula is C12H13IO2. The Morgan fingerprint density at radius 2 is 1.93 bits per heavy atom. The lowest BCUT2D eigenvalue weighted by Crippen LogP contribution is -2.40. The minimum atomic E-state index is 0.106. The van der Waals surface area contributed by atoms with Crippen LogP contribution in [0.5, 0.6) is 0 Å². The van der Waals surface area contributed by atoms with Crippen LogP contribution in [0.4, 0.5) is 0 Å². The van der Waals surface area contributed by atoms with Crippen LogP contribution < -0.4 is 0 Å². The number of hydrogen-bond donors (Lipinski definition) is 0. The molecule has 0 aromatic heterocycles. The fraction of sp³-hybridized carbons (Fsp3) is 0.750. The van der Waals surface area contributed by atoms with Crippen LogP contribution in [0.2, 0.25) is 0 Å². The first-order chi connectivity index (χ1) is 7.20. The first-order valence-corrected chi connectivity index (χ1v) is 6.94. The van der Waals surface area contributed by atoms with Crippen molar-refractivity contribution in [3.8, 4) is 0 Å². The highest BCUT2D eigenvalue weighted by atomic mass is 127. The van der Waals surface area contributed by atoms with E-state index >= 15 is 0 Å². The monoisotopic (exact) mass is 316 g/mol. The maximum atomic E-state index is 11.9. The Bertz CT molecular complexity index is 391. The first kappa shape index (κ1) is 9.02. The topological polar surface area (TPSA) is 26.3 Å². The van der Waals surface area contributed by atoms with Gasteiger partial charge in [-0.1, -0.05) is 34.7 Å². The molecule has 3 fully saturated rings. The molecule has 0 amide bonds. The third kappa shape index (κ3) is 0.797. The standard InChI is InChI=1S/C12H13IO2/c13-7-5-11-3-1-2-4-12(11)6-8(7)15-10(14)9(11)12/h1-2,7-9H,3-6H2/t7-,8+,9-,11-,12+/m1/s1. The van der Waals surface area contributed by atoms with Gasteiger partial charge in [-0.3, -0.25) is 4.79 Å². The van der Waals surface area contributed by atoms with Crippen molar-refractivity contribution in [3.63, 3.8) is 0 Å². The summed E-state index contributed by atoms with van der Waals surface area (Å²) in [7, 11) is 0. The number of hydrogen-bond acceptors (Lipinski definition) is 2. The van der Waals surface area contributed by atoms with Gasteiger partial charge in [0.15, 0.2) is 0 Å². The summed E-state index contributed by atoms with van der Waals surface area (Å²) in [6.45, 7) is 0. The SMILES string of the molecule is O=C1O[C@H]2C[C@]34CC=CC[C@@]3(C[C@H]2I)[C@@H]14. The maximum absolute atomic E-state index is 11.9. The molecule has 0 unspecified atom stereocenters. The normalized spacial score (nSPS) is 59.5. The molecule has 15 heavy (non-hydrogen) atoms. The van der Waals surface area contributed by atoms with Crippen LogP contribution in [-0.4, -0.2) is 16.0 Å². The van der Waals surface area contributed by atoms with E-state index in [0.29, 0.717) is 14.8 Å². The van der Waals surface area contributed by atoms with E-state index in [9.17, 15) is 4.79 Å². The number of alkyl halides is 1. The summed E-state index contributed by atoms with van der Waals surface area (Å²) in [4.78, 5) is 11.9. The van der Waals surface area contributed by atoms with Crippen LogP contribution in [0.1, 0.15) is 25.7 Å². The predicted molar refractivity (Wildman–Crippen MR) is 63.7 cm³/mol. The lowest BCUT2D eigenvalue weighted by Gasteiger charge is -2.39. The molecule has 2 bridgehead atoms. The van der Waals surface area contributed by atoms with E-state index < -0.39 is 0 Å². The summed E-state index contributed by atoms with van der Waals surface area (Å²) in [6, 6.07) is 0. The maximum Gasteiger partial charge on any atom is 0.310 e. The smallest absolute Gasteiger partial charge is 0.310 e. The van der Waals surface area contributed by atoms with Crippen LogP contribution in [-0.2, 0) is 9.53 Å². The van der Waals surface area contributed by atoms with Crippen molar-refractivity contribution in [1.82, 2.24) is 0 Å². The average molecular weight is 316 g/mol. The molecule has 0 radical (unpaired) electrons. The van der Waals surface area contributed by atoms with Gasteiger partial charge in [-0.05, 0) is 36.5 Å². The van der Waals surface area contributed by atoms with Gasteiger partial charge in [-0.25, -0.2) is 0 Å². The molecule has 0 aromatic rings. The van der Waals surface area contributed by atoms with Crippen molar-refractivity contribution in [2.45, 2.75) is 35.7 Å². The molecule has 1 aliphatic heterocycles. The van der Waals surface area contributed by atoms with Gasteiger partial charge in [-0.2, -0.15) is 0 Å². The molecule has 3 heteroatoms. The number of rotatable bonds is 0. The largest absolute Gasteiger partial charge is 0.461 e. The lowest BCUT2D eigenvalue weighted by atomic mass is 9.72. The van der Waals surface area contributed by atoms with Crippen molar-refractivity contribution >= 4 is 28.6 Å². The van der Waals surface area contributed by atoms with E-state index in [-0.39, 0.29) is 18.0 Å². The summed E-state index contributed by atoms with van der Waals surface area (Å²) in [5.41, 5.74) is 0.626. The zero-order chi connectivity index (χ0) is 10.3. The molecule has 5 atom stereocenters. The highest BCUT2D eigenvalue weighted by Gasteiger charge is 2.83. The average Bonchev–Trinajstić information content (AvgIpc) is 2.83. The molecule has 1 heterocycles. The molecule has 4 aliphatic rings. The minimum absolute atomic E-state index is 0.106. The van der Waals surface area contributed by atoms with E-state index in [2.05, 4.69) is 34.7 Å². The quantitative estimate of drug-likeness (QED) is 0.297. The molecule has 2 nitrogen and oxygen atoms in total. The van der Waals surface area contributed by atoms with Gasteiger partial charge in [0.05, 0.1) is 5.92 Å². The van der Waals surface area contributed by atoms with Gasteiger partial charge in [0, 0.05) is 3.92 Å². The van der Waals surface area contributed by atoms with Crippen molar-refractivity contribution in [2.75, 3.05) is 0 Å². The van der Waals surface area contributed by atoms with E-state index in [1.165, 1.54) is 6.42 Å².